The molecule has 0 heteroatoms. The van der Waals surface area contributed by atoms with E-state index in [1.165, 1.54) is 11.1 Å². The molecule has 0 nitrogen and oxygen atoms in total. The molecular weight excluding hydrogens is 240 g/mol. The molecule has 2 rings (SSSR count). The van der Waals surface area contributed by atoms with E-state index in [4.69, 9.17) is 0 Å². The van der Waals surface area contributed by atoms with Gasteiger partial charge in [-0.3, -0.25) is 0 Å². The van der Waals surface area contributed by atoms with E-state index in [-0.39, 0.29) is 0 Å². The molecule has 0 aromatic carbocycles. The monoisotopic (exact) mass is 268 g/mol. The number of fused-ring (bicyclic) bond motifs is 1. The summed E-state index contributed by atoms with van der Waals surface area (Å²) in [5.74, 6) is 2.66. The molecular formula is C20H28. The molecule has 0 spiro atoms. The van der Waals surface area contributed by atoms with E-state index >= 15 is 0 Å². The largest absolute Gasteiger partial charge is 0.0848 e. The van der Waals surface area contributed by atoms with Gasteiger partial charge in [-0.15, -0.1) is 0 Å². The molecule has 0 aliphatic heterocycles. The number of hydrogen-bond acceptors (Lipinski definition) is 0. The van der Waals surface area contributed by atoms with Crippen LogP contribution in [0.25, 0.3) is 0 Å². The van der Waals surface area contributed by atoms with E-state index < -0.39 is 0 Å². The van der Waals surface area contributed by atoms with E-state index in [2.05, 4.69) is 76.3 Å². The van der Waals surface area contributed by atoms with Gasteiger partial charge in [0.05, 0.1) is 0 Å². The van der Waals surface area contributed by atoms with Crippen molar-refractivity contribution >= 4 is 0 Å². The van der Waals surface area contributed by atoms with Gasteiger partial charge in [0.2, 0.25) is 0 Å². The third-order valence-corrected chi connectivity index (χ3v) is 4.82. The first kappa shape index (κ1) is 15.1. The highest BCUT2D eigenvalue weighted by molar-refractivity contribution is 5.43. The van der Waals surface area contributed by atoms with Gasteiger partial charge in [-0.05, 0) is 48.7 Å². The Morgan fingerprint density at radius 3 is 2.75 bits per heavy atom. The Morgan fingerprint density at radius 2 is 2.05 bits per heavy atom. The van der Waals surface area contributed by atoms with Crippen LogP contribution in [0.1, 0.15) is 40.5 Å². The smallest absolute Gasteiger partial charge is 0.00184 e. The number of allylic oxidation sites excluding steroid dienone is 10. The Morgan fingerprint density at radius 1 is 1.25 bits per heavy atom. The highest BCUT2D eigenvalue weighted by Gasteiger charge is 2.29. The van der Waals surface area contributed by atoms with Crippen LogP contribution in [-0.2, 0) is 0 Å². The van der Waals surface area contributed by atoms with Crippen LogP contribution in [0, 0.1) is 23.7 Å². The van der Waals surface area contributed by atoms with Crippen molar-refractivity contribution in [2.24, 2.45) is 23.7 Å². The second kappa shape index (κ2) is 6.92. The molecule has 20 heavy (non-hydrogen) atoms. The second-order valence-corrected chi connectivity index (χ2v) is 6.14. The molecule has 4 unspecified atom stereocenters. The minimum Gasteiger partial charge on any atom is -0.0848 e. The van der Waals surface area contributed by atoms with Crippen molar-refractivity contribution in [3.8, 4) is 0 Å². The van der Waals surface area contributed by atoms with Gasteiger partial charge in [-0.1, -0.05) is 69.4 Å². The Bertz CT molecular complexity index is 470. The maximum Gasteiger partial charge on any atom is 0.00184 e. The van der Waals surface area contributed by atoms with E-state index in [0.717, 1.165) is 18.8 Å². The summed E-state index contributed by atoms with van der Waals surface area (Å²) in [6.07, 6.45) is 21.1. The molecule has 0 saturated heterocycles. The minimum absolute atomic E-state index is 0.569. The van der Waals surface area contributed by atoms with Crippen LogP contribution in [0.2, 0.25) is 0 Å². The van der Waals surface area contributed by atoms with Crippen molar-refractivity contribution in [1.82, 2.24) is 0 Å². The predicted molar refractivity (Wildman–Crippen MR) is 89.5 cm³/mol. The standard InChI is InChI=1S/C20H28/c1-5-7-9-17(6-2)18-10-8-11-20-16(4)15(3)12-13-19(20)14-18/h6-9,11-16,19-20H,5,10H2,1-4H3. The lowest BCUT2D eigenvalue weighted by Gasteiger charge is -2.33. The predicted octanol–water partition coefficient (Wildman–Crippen LogP) is 5.86. The maximum atomic E-state index is 2.50. The summed E-state index contributed by atoms with van der Waals surface area (Å²) >= 11 is 0. The van der Waals surface area contributed by atoms with Crippen molar-refractivity contribution in [2.75, 3.05) is 0 Å². The van der Waals surface area contributed by atoms with Gasteiger partial charge in [-0.2, -0.15) is 0 Å². The fourth-order valence-electron chi connectivity index (χ4n) is 3.28. The van der Waals surface area contributed by atoms with Crippen LogP contribution in [0.5, 0.6) is 0 Å². The molecule has 0 aromatic rings. The van der Waals surface area contributed by atoms with Crippen LogP contribution >= 0.6 is 0 Å². The topological polar surface area (TPSA) is 0 Å². The van der Waals surface area contributed by atoms with Crippen LogP contribution < -0.4 is 0 Å². The van der Waals surface area contributed by atoms with Crippen LogP contribution in [0.3, 0.4) is 0 Å². The van der Waals surface area contributed by atoms with Gasteiger partial charge in [0, 0.05) is 5.92 Å². The minimum atomic E-state index is 0.569. The molecule has 0 radical (unpaired) electrons. The molecule has 4 atom stereocenters. The van der Waals surface area contributed by atoms with Crippen molar-refractivity contribution < 1.29 is 0 Å². The molecule has 0 heterocycles. The maximum absolute atomic E-state index is 2.50. The summed E-state index contributed by atoms with van der Waals surface area (Å²) in [6.45, 7) is 9.06. The second-order valence-electron chi connectivity index (χ2n) is 6.14. The zero-order chi connectivity index (χ0) is 14.5. The van der Waals surface area contributed by atoms with Gasteiger partial charge in [0.15, 0.2) is 0 Å². The zero-order valence-corrected chi connectivity index (χ0v) is 13.3. The third-order valence-electron chi connectivity index (χ3n) is 4.82. The Kier molecular flexibility index (Phi) is 5.23. The van der Waals surface area contributed by atoms with E-state index in [0.29, 0.717) is 17.8 Å². The van der Waals surface area contributed by atoms with Crippen LogP contribution in [0.4, 0.5) is 0 Å². The summed E-state index contributed by atoms with van der Waals surface area (Å²) in [4.78, 5) is 0. The molecule has 2 aliphatic carbocycles. The summed E-state index contributed by atoms with van der Waals surface area (Å²) in [5, 5.41) is 0. The van der Waals surface area contributed by atoms with Crippen LogP contribution in [0.15, 0.2) is 59.8 Å². The van der Waals surface area contributed by atoms with Gasteiger partial charge in [0.25, 0.3) is 0 Å². The van der Waals surface area contributed by atoms with Gasteiger partial charge >= 0.3 is 0 Å². The average Bonchev–Trinajstić information content (AvgIpc) is 2.67. The molecule has 0 aromatic heterocycles. The van der Waals surface area contributed by atoms with E-state index in [9.17, 15) is 0 Å². The van der Waals surface area contributed by atoms with Crippen molar-refractivity contribution in [1.29, 1.82) is 0 Å². The Balaban J connectivity index is 2.29. The van der Waals surface area contributed by atoms with E-state index in [1.54, 1.807) is 0 Å². The van der Waals surface area contributed by atoms with Crippen molar-refractivity contribution in [3.63, 3.8) is 0 Å². The first-order valence-electron chi connectivity index (χ1n) is 8.06. The van der Waals surface area contributed by atoms with E-state index in [1.807, 2.05) is 0 Å². The molecule has 0 saturated carbocycles. The molecule has 2 aliphatic rings. The lowest BCUT2D eigenvalue weighted by Crippen LogP contribution is -2.25. The first-order chi connectivity index (χ1) is 9.67. The van der Waals surface area contributed by atoms with Gasteiger partial charge in [-0.25, -0.2) is 0 Å². The zero-order valence-electron chi connectivity index (χ0n) is 13.3. The summed E-state index contributed by atoms with van der Waals surface area (Å²) in [5.41, 5.74) is 2.86. The SMILES string of the molecule is CC=C(C=CCC)C1=CC2C=CC(C)C(C)C2C=CC1. The normalized spacial score (nSPS) is 34.0. The molecule has 0 N–H and O–H groups in total. The highest BCUT2D eigenvalue weighted by Crippen LogP contribution is 2.38. The molecule has 0 fully saturated rings. The van der Waals surface area contributed by atoms with Crippen LogP contribution in [-0.4, -0.2) is 0 Å². The van der Waals surface area contributed by atoms with Gasteiger partial charge in [0.1, 0.15) is 0 Å². The molecule has 108 valence electrons. The summed E-state index contributed by atoms with van der Waals surface area (Å²) in [7, 11) is 0. The van der Waals surface area contributed by atoms with Crippen molar-refractivity contribution in [3.05, 3.63) is 59.8 Å². The number of rotatable bonds is 3. The first-order valence-corrected chi connectivity index (χ1v) is 8.06. The third kappa shape index (κ3) is 3.23. The van der Waals surface area contributed by atoms with Crippen molar-refractivity contribution in [2.45, 2.75) is 40.5 Å². The average molecular weight is 268 g/mol. The fraction of sp³-hybridized carbons (Fsp3) is 0.500. The molecule has 0 amide bonds. The Hall–Kier alpha value is -1.30. The lowest BCUT2D eigenvalue weighted by molar-refractivity contribution is 0.297. The summed E-state index contributed by atoms with van der Waals surface area (Å²) < 4.78 is 0. The summed E-state index contributed by atoms with van der Waals surface area (Å²) in [6, 6.07) is 0. The number of hydrogen-bond donors (Lipinski definition) is 0. The van der Waals surface area contributed by atoms with Gasteiger partial charge < -0.3 is 0 Å². The fourth-order valence-corrected chi connectivity index (χ4v) is 3.28. The molecule has 0 bridgehead atoms. The highest BCUT2D eigenvalue weighted by atomic mass is 14.3. The quantitative estimate of drug-likeness (QED) is 0.444. The lowest BCUT2D eigenvalue weighted by atomic mass is 9.72. The Labute approximate surface area is 124 Å².